The highest BCUT2D eigenvalue weighted by molar-refractivity contribution is 5.51. The lowest BCUT2D eigenvalue weighted by atomic mass is 10.2. The van der Waals surface area contributed by atoms with Crippen LogP contribution in [0.4, 0.5) is 5.82 Å². The first kappa shape index (κ1) is 17.8. The van der Waals surface area contributed by atoms with Gasteiger partial charge in [0.25, 0.3) is 0 Å². The summed E-state index contributed by atoms with van der Waals surface area (Å²) in [5.41, 5.74) is 3.38. The summed E-state index contributed by atoms with van der Waals surface area (Å²) in [4.78, 5) is 9.59. The summed E-state index contributed by atoms with van der Waals surface area (Å²) in [5, 5.41) is 4.47. The number of piperazine rings is 1. The maximum atomic E-state index is 5.53. The SMILES string of the molecule is CCOc1ccc(CN2CCN(c3cc(CC)nc4ccnn34)CC2)cc1. The number of aryl methyl sites for hydroxylation is 1. The topological polar surface area (TPSA) is 45.9 Å². The molecule has 0 saturated carbocycles. The van der Waals surface area contributed by atoms with Crippen molar-refractivity contribution in [1.29, 1.82) is 0 Å². The molecule has 27 heavy (non-hydrogen) atoms. The van der Waals surface area contributed by atoms with Crippen LogP contribution in [0.1, 0.15) is 25.1 Å². The van der Waals surface area contributed by atoms with Crippen molar-refractivity contribution in [1.82, 2.24) is 19.5 Å². The van der Waals surface area contributed by atoms with Crippen LogP contribution in [0.2, 0.25) is 0 Å². The number of nitrogens with zero attached hydrogens (tertiary/aromatic N) is 5. The number of anilines is 1. The lowest BCUT2D eigenvalue weighted by Crippen LogP contribution is -2.46. The van der Waals surface area contributed by atoms with E-state index in [9.17, 15) is 0 Å². The Morgan fingerprint density at radius 2 is 1.78 bits per heavy atom. The molecule has 1 aliphatic rings. The van der Waals surface area contributed by atoms with E-state index in [1.54, 1.807) is 0 Å². The molecule has 1 aliphatic heterocycles. The zero-order valence-corrected chi connectivity index (χ0v) is 16.1. The molecule has 0 amide bonds. The fourth-order valence-electron chi connectivity index (χ4n) is 3.60. The molecule has 6 heteroatoms. The monoisotopic (exact) mass is 365 g/mol. The third-order valence-corrected chi connectivity index (χ3v) is 5.09. The number of hydrogen-bond donors (Lipinski definition) is 0. The second-order valence-electron chi connectivity index (χ2n) is 6.90. The fraction of sp³-hybridized carbons (Fsp3) is 0.429. The van der Waals surface area contributed by atoms with Crippen LogP contribution in [0, 0.1) is 0 Å². The standard InChI is InChI=1S/C21H27N5O/c1-3-18-15-21(26-20(23-18)9-10-22-26)25-13-11-24(12-14-25)16-17-5-7-19(8-6-17)27-4-2/h5-10,15H,3-4,11-14,16H2,1-2H3. The van der Waals surface area contributed by atoms with E-state index >= 15 is 0 Å². The molecule has 1 saturated heterocycles. The second-order valence-corrected chi connectivity index (χ2v) is 6.90. The van der Waals surface area contributed by atoms with Crippen molar-refractivity contribution in [3.63, 3.8) is 0 Å². The molecule has 0 aliphatic carbocycles. The number of fused-ring (bicyclic) bond motifs is 1. The minimum Gasteiger partial charge on any atom is -0.494 e. The lowest BCUT2D eigenvalue weighted by molar-refractivity contribution is 0.249. The van der Waals surface area contributed by atoms with Crippen LogP contribution in [0.5, 0.6) is 5.75 Å². The average molecular weight is 365 g/mol. The largest absolute Gasteiger partial charge is 0.494 e. The molecule has 0 atom stereocenters. The molecule has 2 aromatic heterocycles. The molecule has 1 aromatic carbocycles. The van der Waals surface area contributed by atoms with Crippen LogP contribution >= 0.6 is 0 Å². The molecule has 0 bridgehead atoms. The first-order valence-electron chi connectivity index (χ1n) is 9.79. The Morgan fingerprint density at radius 3 is 2.48 bits per heavy atom. The van der Waals surface area contributed by atoms with Crippen molar-refractivity contribution in [2.45, 2.75) is 26.8 Å². The minimum atomic E-state index is 0.708. The van der Waals surface area contributed by atoms with E-state index < -0.39 is 0 Å². The Bertz CT molecular complexity index is 881. The summed E-state index contributed by atoms with van der Waals surface area (Å²) in [7, 11) is 0. The molecule has 3 aromatic rings. The quantitative estimate of drug-likeness (QED) is 0.672. The predicted molar refractivity (Wildman–Crippen MR) is 107 cm³/mol. The van der Waals surface area contributed by atoms with E-state index in [0.29, 0.717) is 6.61 Å². The van der Waals surface area contributed by atoms with Gasteiger partial charge in [0.2, 0.25) is 0 Å². The van der Waals surface area contributed by atoms with Gasteiger partial charge in [-0.25, -0.2) is 4.98 Å². The molecule has 3 heterocycles. The molecule has 0 unspecified atom stereocenters. The Kier molecular flexibility index (Phi) is 5.25. The van der Waals surface area contributed by atoms with Crippen LogP contribution in [-0.4, -0.2) is 52.3 Å². The molecule has 4 rings (SSSR count). The van der Waals surface area contributed by atoms with Crippen molar-refractivity contribution in [3.05, 3.63) is 53.9 Å². The molecular weight excluding hydrogens is 338 g/mol. The highest BCUT2D eigenvalue weighted by Crippen LogP contribution is 2.20. The Morgan fingerprint density at radius 1 is 1.00 bits per heavy atom. The number of hydrogen-bond acceptors (Lipinski definition) is 5. The van der Waals surface area contributed by atoms with Gasteiger partial charge < -0.3 is 9.64 Å². The van der Waals surface area contributed by atoms with Gasteiger partial charge >= 0.3 is 0 Å². The van der Waals surface area contributed by atoms with Crippen LogP contribution in [0.15, 0.2) is 42.6 Å². The third kappa shape index (κ3) is 3.90. The lowest BCUT2D eigenvalue weighted by Gasteiger charge is -2.36. The molecule has 0 radical (unpaired) electrons. The predicted octanol–water partition coefficient (Wildman–Crippen LogP) is 3.01. The zero-order valence-electron chi connectivity index (χ0n) is 16.1. The van der Waals surface area contributed by atoms with Gasteiger partial charge in [0, 0.05) is 50.6 Å². The van der Waals surface area contributed by atoms with Gasteiger partial charge in [-0.2, -0.15) is 9.61 Å². The van der Waals surface area contributed by atoms with Gasteiger partial charge in [0.15, 0.2) is 5.65 Å². The van der Waals surface area contributed by atoms with Crippen molar-refractivity contribution in [3.8, 4) is 5.75 Å². The van der Waals surface area contributed by atoms with Crippen LogP contribution < -0.4 is 9.64 Å². The molecular formula is C21H27N5O. The number of ether oxygens (including phenoxy) is 1. The van der Waals surface area contributed by atoms with Crippen molar-refractivity contribution < 1.29 is 4.74 Å². The van der Waals surface area contributed by atoms with E-state index in [4.69, 9.17) is 4.74 Å². The van der Waals surface area contributed by atoms with Crippen LogP contribution in [0.25, 0.3) is 5.65 Å². The smallest absolute Gasteiger partial charge is 0.157 e. The van der Waals surface area contributed by atoms with Crippen LogP contribution in [0.3, 0.4) is 0 Å². The van der Waals surface area contributed by atoms with Gasteiger partial charge in [0.1, 0.15) is 11.6 Å². The van der Waals surface area contributed by atoms with Gasteiger partial charge in [-0.15, -0.1) is 0 Å². The first-order valence-corrected chi connectivity index (χ1v) is 9.79. The average Bonchev–Trinajstić information content (AvgIpc) is 3.18. The molecule has 0 spiro atoms. The maximum Gasteiger partial charge on any atom is 0.157 e. The van der Waals surface area contributed by atoms with E-state index in [-0.39, 0.29) is 0 Å². The normalized spacial score (nSPS) is 15.4. The number of benzene rings is 1. The van der Waals surface area contributed by atoms with Crippen molar-refractivity contribution in [2.24, 2.45) is 0 Å². The van der Waals surface area contributed by atoms with Gasteiger partial charge in [0.05, 0.1) is 12.8 Å². The number of rotatable bonds is 6. The highest BCUT2D eigenvalue weighted by Gasteiger charge is 2.20. The summed E-state index contributed by atoms with van der Waals surface area (Å²) in [6, 6.07) is 12.6. The Labute approximate surface area is 160 Å². The maximum absolute atomic E-state index is 5.53. The third-order valence-electron chi connectivity index (χ3n) is 5.09. The summed E-state index contributed by atoms with van der Waals surface area (Å²) in [6.07, 6.45) is 2.76. The summed E-state index contributed by atoms with van der Waals surface area (Å²) in [5.74, 6) is 2.10. The van der Waals surface area contributed by atoms with E-state index in [1.165, 1.54) is 5.56 Å². The molecule has 0 N–H and O–H groups in total. The second kappa shape index (κ2) is 7.96. The highest BCUT2D eigenvalue weighted by atomic mass is 16.5. The summed E-state index contributed by atoms with van der Waals surface area (Å²) in [6.45, 7) is 9.93. The summed E-state index contributed by atoms with van der Waals surface area (Å²) >= 11 is 0. The van der Waals surface area contributed by atoms with Gasteiger partial charge in [-0.1, -0.05) is 19.1 Å². The Hall–Kier alpha value is -2.60. The van der Waals surface area contributed by atoms with Crippen molar-refractivity contribution >= 4 is 11.5 Å². The summed E-state index contributed by atoms with van der Waals surface area (Å²) < 4.78 is 7.49. The van der Waals surface area contributed by atoms with Gasteiger partial charge in [-0.05, 0) is 31.0 Å². The van der Waals surface area contributed by atoms with E-state index in [0.717, 1.165) is 62.1 Å². The molecule has 1 fully saturated rings. The van der Waals surface area contributed by atoms with Crippen molar-refractivity contribution in [2.75, 3.05) is 37.7 Å². The van der Waals surface area contributed by atoms with Crippen LogP contribution in [-0.2, 0) is 13.0 Å². The zero-order chi connectivity index (χ0) is 18.6. The fourth-order valence-corrected chi connectivity index (χ4v) is 3.60. The van der Waals surface area contributed by atoms with E-state index in [2.05, 4.69) is 57.1 Å². The van der Waals surface area contributed by atoms with E-state index in [1.807, 2.05) is 23.7 Å². The molecule has 142 valence electrons. The number of aromatic nitrogens is 3. The molecule has 6 nitrogen and oxygen atoms in total. The first-order chi connectivity index (χ1) is 13.3. The minimum absolute atomic E-state index is 0.708. The Balaban J connectivity index is 1.41. The van der Waals surface area contributed by atoms with Gasteiger partial charge in [-0.3, -0.25) is 4.90 Å².